The Morgan fingerprint density at radius 2 is 1.74 bits per heavy atom. The Morgan fingerprint density at radius 1 is 0.963 bits per heavy atom. The summed E-state index contributed by atoms with van der Waals surface area (Å²) in [7, 11) is 0. The first-order chi connectivity index (χ1) is 13.3. The molecular formula is C22H24N4O. The maximum atomic E-state index is 12.6. The SMILES string of the molecule is O=C(Nc1cccc(CN2CCCC2)c1)c1cnn(Cc2ccccc2)c1. The molecule has 1 fully saturated rings. The van der Waals surface area contributed by atoms with Crippen LogP contribution in [-0.4, -0.2) is 33.7 Å². The molecule has 4 rings (SSSR count). The van der Waals surface area contributed by atoms with Crippen molar-refractivity contribution in [3.8, 4) is 0 Å². The van der Waals surface area contributed by atoms with Crippen LogP contribution in [0.5, 0.6) is 0 Å². The van der Waals surface area contributed by atoms with E-state index in [0.29, 0.717) is 12.1 Å². The molecule has 0 bridgehead atoms. The normalized spacial score (nSPS) is 14.4. The maximum Gasteiger partial charge on any atom is 0.258 e. The lowest BCUT2D eigenvalue weighted by Crippen LogP contribution is -2.18. The second-order valence-electron chi connectivity index (χ2n) is 7.05. The van der Waals surface area contributed by atoms with E-state index in [1.54, 1.807) is 17.1 Å². The minimum absolute atomic E-state index is 0.132. The Balaban J connectivity index is 1.39. The molecule has 3 aromatic rings. The molecular weight excluding hydrogens is 336 g/mol. The summed E-state index contributed by atoms with van der Waals surface area (Å²) >= 11 is 0. The van der Waals surface area contributed by atoms with Gasteiger partial charge in [-0.1, -0.05) is 42.5 Å². The van der Waals surface area contributed by atoms with Gasteiger partial charge in [-0.05, 0) is 49.2 Å². The van der Waals surface area contributed by atoms with Crippen LogP contribution in [0, 0.1) is 0 Å². The molecule has 1 aliphatic rings. The molecule has 138 valence electrons. The molecule has 5 nitrogen and oxygen atoms in total. The Morgan fingerprint density at radius 3 is 2.56 bits per heavy atom. The standard InChI is InChI=1S/C22H24N4O/c27-22(20-14-23-26(17-20)16-18-7-2-1-3-8-18)24-21-10-6-9-19(13-21)15-25-11-4-5-12-25/h1-3,6-10,13-14,17H,4-5,11-12,15-16H2,(H,24,27). The highest BCUT2D eigenvalue weighted by molar-refractivity contribution is 6.03. The van der Waals surface area contributed by atoms with E-state index in [0.717, 1.165) is 30.9 Å². The van der Waals surface area contributed by atoms with Crippen LogP contribution in [-0.2, 0) is 13.1 Å². The van der Waals surface area contributed by atoms with E-state index in [2.05, 4.69) is 27.4 Å². The number of amides is 1. The molecule has 0 saturated carbocycles. The van der Waals surface area contributed by atoms with Gasteiger partial charge in [-0.3, -0.25) is 14.4 Å². The van der Waals surface area contributed by atoms with Gasteiger partial charge in [0.15, 0.2) is 0 Å². The van der Waals surface area contributed by atoms with Crippen molar-refractivity contribution in [1.82, 2.24) is 14.7 Å². The van der Waals surface area contributed by atoms with Crippen molar-refractivity contribution >= 4 is 11.6 Å². The van der Waals surface area contributed by atoms with Gasteiger partial charge in [-0.2, -0.15) is 5.10 Å². The zero-order valence-corrected chi connectivity index (χ0v) is 15.3. The lowest BCUT2D eigenvalue weighted by molar-refractivity contribution is 0.102. The van der Waals surface area contributed by atoms with E-state index >= 15 is 0 Å². The van der Waals surface area contributed by atoms with Crippen LogP contribution in [0.3, 0.4) is 0 Å². The highest BCUT2D eigenvalue weighted by atomic mass is 16.1. The van der Waals surface area contributed by atoms with Crippen molar-refractivity contribution in [1.29, 1.82) is 0 Å². The van der Waals surface area contributed by atoms with Crippen LogP contribution < -0.4 is 5.32 Å². The van der Waals surface area contributed by atoms with Crippen molar-refractivity contribution in [3.63, 3.8) is 0 Å². The average Bonchev–Trinajstić information content (AvgIpc) is 3.35. The van der Waals surface area contributed by atoms with Crippen LogP contribution in [0.2, 0.25) is 0 Å². The van der Waals surface area contributed by atoms with Gasteiger partial charge < -0.3 is 5.32 Å². The summed E-state index contributed by atoms with van der Waals surface area (Å²) in [6.07, 6.45) is 5.97. The summed E-state index contributed by atoms with van der Waals surface area (Å²) in [4.78, 5) is 15.0. The summed E-state index contributed by atoms with van der Waals surface area (Å²) in [5.41, 5.74) is 3.78. The fraction of sp³-hybridized carbons (Fsp3) is 0.273. The highest BCUT2D eigenvalue weighted by Crippen LogP contribution is 2.17. The maximum absolute atomic E-state index is 12.6. The number of likely N-dealkylation sites (tertiary alicyclic amines) is 1. The molecule has 0 radical (unpaired) electrons. The van der Waals surface area contributed by atoms with E-state index in [4.69, 9.17) is 0 Å². The average molecular weight is 360 g/mol. The van der Waals surface area contributed by atoms with Crippen LogP contribution in [0.4, 0.5) is 5.69 Å². The summed E-state index contributed by atoms with van der Waals surface area (Å²) in [6, 6.07) is 18.2. The van der Waals surface area contributed by atoms with E-state index < -0.39 is 0 Å². The third-order valence-electron chi connectivity index (χ3n) is 4.87. The van der Waals surface area contributed by atoms with Crippen LogP contribution >= 0.6 is 0 Å². The van der Waals surface area contributed by atoms with Gasteiger partial charge in [0.25, 0.3) is 5.91 Å². The second-order valence-corrected chi connectivity index (χ2v) is 7.05. The quantitative estimate of drug-likeness (QED) is 0.728. The van der Waals surface area contributed by atoms with Gasteiger partial charge in [-0.15, -0.1) is 0 Å². The minimum Gasteiger partial charge on any atom is -0.322 e. The molecule has 2 heterocycles. The topological polar surface area (TPSA) is 50.2 Å². The first-order valence-electron chi connectivity index (χ1n) is 9.45. The van der Waals surface area contributed by atoms with Gasteiger partial charge in [-0.25, -0.2) is 0 Å². The van der Waals surface area contributed by atoms with Crippen molar-refractivity contribution in [3.05, 3.63) is 83.7 Å². The fourth-order valence-electron chi connectivity index (χ4n) is 3.49. The Kier molecular flexibility index (Phi) is 5.30. The summed E-state index contributed by atoms with van der Waals surface area (Å²) < 4.78 is 1.79. The van der Waals surface area contributed by atoms with Gasteiger partial charge in [0.1, 0.15) is 0 Å². The number of nitrogens with one attached hydrogen (secondary N) is 1. The molecule has 5 heteroatoms. The van der Waals surface area contributed by atoms with Crippen molar-refractivity contribution in [2.24, 2.45) is 0 Å². The van der Waals surface area contributed by atoms with Crippen molar-refractivity contribution in [2.75, 3.05) is 18.4 Å². The van der Waals surface area contributed by atoms with Gasteiger partial charge in [0, 0.05) is 18.4 Å². The first kappa shape index (κ1) is 17.5. The smallest absolute Gasteiger partial charge is 0.258 e. The molecule has 27 heavy (non-hydrogen) atoms. The van der Waals surface area contributed by atoms with Crippen molar-refractivity contribution in [2.45, 2.75) is 25.9 Å². The molecule has 2 aromatic carbocycles. The molecule has 1 saturated heterocycles. The highest BCUT2D eigenvalue weighted by Gasteiger charge is 2.13. The lowest BCUT2D eigenvalue weighted by atomic mass is 10.2. The van der Waals surface area contributed by atoms with Crippen LogP contribution in [0.15, 0.2) is 67.0 Å². The minimum atomic E-state index is -0.132. The zero-order chi connectivity index (χ0) is 18.5. The molecule has 0 spiro atoms. The number of anilines is 1. The van der Waals surface area contributed by atoms with Gasteiger partial charge in [0.2, 0.25) is 0 Å². The largest absolute Gasteiger partial charge is 0.322 e. The molecule has 1 aromatic heterocycles. The number of aromatic nitrogens is 2. The predicted molar refractivity (Wildman–Crippen MR) is 107 cm³/mol. The molecule has 1 amide bonds. The van der Waals surface area contributed by atoms with Crippen LogP contribution in [0.1, 0.15) is 34.3 Å². The van der Waals surface area contributed by atoms with E-state index in [1.807, 2.05) is 42.5 Å². The Hall–Kier alpha value is -2.92. The van der Waals surface area contributed by atoms with Crippen molar-refractivity contribution < 1.29 is 4.79 Å². The van der Waals surface area contributed by atoms with Gasteiger partial charge in [0.05, 0.1) is 18.3 Å². The van der Waals surface area contributed by atoms with Crippen LogP contribution in [0.25, 0.3) is 0 Å². The molecule has 0 atom stereocenters. The Bertz CT molecular complexity index is 897. The van der Waals surface area contributed by atoms with E-state index in [1.165, 1.54) is 18.4 Å². The third-order valence-corrected chi connectivity index (χ3v) is 4.87. The fourth-order valence-corrected chi connectivity index (χ4v) is 3.49. The number of hydrogen-bond donors (Lipinski definition) is 1. The first-order valence-corrected chi connectivity index (χ1v) is 9.45. The number of carbonyl (C=O) groups excluding carboxylic acids is 1. The van der Waals surface area contributed by atoms with E-state index in [-0.39, 0.29) is 5.91 Å². The molecule has 0 aliphatic carbocycles. The molecule has 0 unspecified atom stereocenters. The predicted octanol–water partition coefficient (Wildman–Crippen LogP) is 3.78. The zero-order valence-electron chi connectivity index (χ0n) is 15.3. The summed E-state index contributed by atoms with van der Waals surface area (Å²) in [5, 5.41) is 7.30. The Labute approximate surface area is 159 Å². The summed E-state index contributed by atoms with van der Waals surface area (Å²) in [5.74, 6) is -0.132. The number of hydrogen-bond acceptors (Lipinski definition) is 3. The van der Waals surface area contributed by atoms with E-state index in [9.17, 15) is 4.79 Å². The number of benzene rings is 2. The summed E-state index contributed by atoms with van der Waals surface area (Å²) in [6.45, 7) is 3.92. The third kappa shape index (κ3) is 4.63. The number of carbonyl (C=O) groups is 1. The molecule has 1 aliphatic heterocycles. The number of rotatable bonds is 6. The number of nitrogens with zero attached hydrogens (tertiary/aromatic N) is 3. The second kappa shape index (κ2) is 8.18. The van der Waals surface area contributed by atoms with Gasteiger partial charge >= 0.3 is 0 Å². The monoisotopic (exact) mass is 360 g/mol. The molecule has 1 N–H and O–H groups in total. The lowest BCUT2D eigenvalue weighted by Gasteiger charge is -2.15.